The van der Waals surface area contributed by atoms with Crippen LogP contribution in [0.1, 0.15) is 31.9 Å². The molecule has 3 nitrogen and oxygen atoms in total. The van der Waals surface area contributed by atoms with E-state index < -0.39 is 11.7 Å². The number of hydrogen-bond acceptors (Lipinski definition) is 2. The highest BCUT2D eigenvalue weighted by molar-refractivity contribution is 5.68. The normalized spacial score (nSPS) is 12.8. The van der Waals surface area contributed by atoms with E-state index >= 15 is 0 Å². The maximum atomic E-state index is 12.1. The van der Waals surface area contributed by atoms with Gasteiger partial charge in [-0.25, -0.2) is 4.79 Å². The monoisotopic (exact) mass is 337 g/mol. The summed E-state index contributed by atoms with van der Waals surface area (Å²) < 4.78 is 5.39. The second-order valence-corrected chi connectivity index (χ2v) is 7.06. The summed E-state index contributed by atoms with van der Waals surface area (Å²) in [5.41, 5.74) is 1.91. The predicted molar refractivity (Wildman–Crippen MR) is 103 cm³/mol. The summed E-state index contributed by atoms with van der Waals surface area (Å²) >= 11 is 0. The molecule has 2 aromatic rings. The Morgan fingerprint density at radius 2 is 1.56 bits per heavy atom. The average molecular weight is 337 g/mol. The summed E-state index contributed by atoms with van der Waals surface area (Å²) in [4.78, 5) is 12.1. The van der Waals surface area contributed by atoms with Crippen molar-refractivity contribution < 1.29 is 9.53 Å². The van der Waals surface area contributed by atoms with Crippen LogP contribution >= 0.6 is 0 Å². The Hall–Kier alpha value is -2.55. The lowest BCUT2D eigenvalue weighted by molar-refractivity contribution is 0.0514. The van der Waals surface area contributed by atoms with Gasteiger partial charge in [0.2, 0.25) is 0 Å². The minimum atomic E-state index is -0.505. The summed E-state index contributed by atoms with van der Waals surface area (Å²) in [7, 11) is 0. The first-order valence-corrected chi connectivity index (χ1v) is 8.66. The standard InChI is InChI=1S/C22H27NO2/c1-22(2,3)25-21(24)23-20(17-19-13-8-5-9-14-19)16-10-15-18-11-6-4-7-12-18/h4-14,16,20H,15,17H2,1-3H3,(H,23,24)/b16-10-/t20-/m1/s1. The van der Waals surface area contributed by atoms with Crippen LogP contribution < -0.4 is 5.32 Å². The van der Waals surface area contributed by atoms with E-state index in [1.165, 1.54) is 11.1 Å². The lowest BCUT2D eigenvalue weighted by Gasteiger charge is -2.22. The third-order valence-corrected chi connectivity index (χ3v) is 3.57. The van der Waals surface area contributed by atoms with Gasteiger partial charge in [0.25, 0.3) is 0 Å². The summed E-state index contributed by atoms with van der Waals surface area (Å²) in [6.45, 7) is 5.60. The van der Waals surface area contributed by atoms with E-state index in [9.17, 15) is 4.79 Å². The van der Waals surface area contributed by atoms with Gasteiger partial charge in [-0.1, -0.05) is 72.8 Å². The smallest absolute Gasteiger partial charge is 0.408 e. The summed E-state index contributed by atoms with van der Waals surface area (Å²) in [5.74, 6) is 0. The molecule has 0 aliphatic carbocycles. The fourth-order valence-electron chi connectivity index (χ4n) is 2.48. The van der Waals surface area contributed by atoms with Crippen molar-refractivity contribution in [3.63, 3.8) is 0 Å². The summed E-state index contributed by atoms with van der Waals surface area (Å²) in [6.07, 6.45) is 5.32. The number of carbonyl (C=O) groups excluding carboxylic acids is 1. The minimum absolute atomic E-state index is 0.110. The average Bonchev–Trinajstić information content (AvgIpc) is 2.55. The first-order chi connectivity index (χ1) is 11.9. The zero-order valence-electron chi connectivity index (χ0n) is 15.2. The van der Waals surface area contributed by atoms with Crippen molar-refractivity contribution in [2.45, 2.75) is 45.3 Å². The first-order valence-electron chi connectivity index (χ1n) is 8.66. The quantitative estimate of drug-likeness (QED) is 0.760. The van der Waals surface area contributed by atoms with Crippen LogP contribution in [0.4, 0.5) is 4.79 Å². The molecular weight excluding hydrogens is 310 g/mol. The van der Waals surface area contributed by atoms with Gasteiger partial charge >= 0.3 is 6.09 Å². The molecule has 0 fully saturated rings. The van der Waals surface area contributed by atoms with Crippen LogP contribution in [0.2, 0.25) is 0 Å². The van der Waals surface area contributed by atoms with Crippen LogP contribution in [0.3, 0.4) is 0 Å². The Morgan fingerprint density at radius 1 is 1.00 bits per heavy atom. The molecule has 2 rings (SSSR count). The third-order valence-electron chi connectivity index (χ3n) is 3.57. The number of hydrogen-bond donors (Lipinski definition) is 1. The number of benzene rings is 2. The fourth-order valence-corrected chi connectivity index (χ4v) is 2.48. The zero-order valence-corrected chi connectivity index (χ0v) is 15.2. The molecule has 3 heteroatoms. The highest BCUT2D eigenvalue weighted by atomic mass is 16.6. The van der Waals surface area contributed by atoms with Crippen molar-refractivity contribution in [3.8, 4) is 0 Å². The molecule has 2 aromatic carbocycles. The van der Waals surface area contributed by atoms with Crippen molar-refractivity contribution in [1.82, 2.24) is 5.32 Å². The molecule has 1 amide bonds. The third kappa shape index (κ3) is 7.71. The van der Waals surface area contributed by atoms with E-state index in [2.05, 4.69) is 35.7 Å². The molecule has 1 atom stereocenters. The maximum Gasteiger partial charge on any atom is 0.408 e. The Bertz CT molecular complexity index is 672. The van der Waals surface area contributed by atoms with Gasteiger partial charge in [-0.3, -0.25) is 0 Å². The van der Waals surface area contributed by atoms with Crippen LogP contribution in [0.5, 0.6) is 0 Å². The maximum absolute atomic E-state index is 12.1. The molecule has 0 saturated heterocycles. The number of alkyl carbamates (subject to hydrolysis) is 1. The van der Waals surface area contributed by atoms with Crippen LogP contribution in [-0.4, -0.2) is 17.7 Å². The van der Waals surface area contributed by atoms with E-state index in [4.69, 9.17) is 4.74 Å². The lowest BCUT2D eigenvalue weighted by Crippen LogP contribution is -2.39. The van der Waals surface area contributed by atoms with Crippen molar-refractivity contribution in [2.75, 3.05) is 0 Å². The Morgan fingerprint density at radius 3 is 2.12 bits per heavy atom. The molecule has 0 heterocycles. The molecule has 0 aliphatic heterocycles. The summed E-state index contributed by atoms with van der Waals surface area (Å²) in [5, 5.41) is 2.96. The number of nitrogens with one attached hydrogen (secondary N) is 1. The van der Waals surface area contributed by atoms with E-state index in [0.717, 1.165) is 12.8 Å². The van der Waals surface area contributed by atoms with Gasteiger partial charge in [0.15, 0.2) is 0 Å². The molecule has 0 aliphatic rings. The SMILES string of the molecule is CC(C)(C)OC(=O)N[C@H](/C=C\Cc1ccccc1)Cc1ccccc1. The molecule has 0 spiro atoms. The van der Waals surface area contributed by atoms with Crippen LogP contribution in [-0.2, 0) is 17.6 Å². The van der Waals surface area contributed by atoms with Gasteiger partial charge in [-0.15, -0.1) is 0 Å². The molecule has 0 saturated carbocycles. The largest absolute Gasteiger partial charge is 0.444 e. The minimum Gasteiger partial charge on any atom is -0.444 e. The molecule has 132 valence electrons. The highest BCUT2D eigenvalue weighted by Crippen LogP contribution is 2.09. The van der Waals surface area contributed by atoms with Crippen LogP contribution in [0, 0.1) is 0 Å². The number of amides is 1. The van der Waals surface area contributed by atoms with Gasteiger partial charge in [0.05, 0.1) is 6.04 Å². The first kappa shape index (κ1) is 18.8. The van der Waals surface area contributed by atoms with Crippen molar-refractivity contribution in [1.29, 1.82) is 0 Å². The van der Waals surface area contributed by atoms with Crippen molar-refractivity contribution in [3.05, 3.63) is 83.9 Å². The van der Waals surface area contributed by atoms with Gasteiger partial charge in [-0.05, 0) is 44.7 Å². The highest BCUT2D eigenvalue weighted by Gasteiger charge is 2.18. The number of allylic oxidation sites excluding steroid dienone is 1. The van der Waals surface area contributed by atoms with Crippen LogP contribution in [0.25, 0.3) is 0 Å². The van der Waals surface area contributed by atoms with Gasteiger partial charge in [0, 0.05) is 0 Å². The number of rotatable bonds is 6. The van der Waals surface area contributed by atoms with Crippen molar-refractivity contribution >= 4 is 6.09 Å². The van der Waals surface area contributed by atoms with Gasteiger partial charge < -0.3 is 10.1 Å². The van der Waals surface area contributed by atoms with Crippen molar-refractivity contribution in [2.24, 2.45) is 0 Å². The molecule has 25 heavy (non-hydrogen) atoms. The lowest BCUT2D eigenvalue weighted by atomic mass is 10.0. The van der Waals surface area contributed by atoms with E-state index in [-0.39, 0.29) is 6.04 Å². The zero-order chi connectivity index (χ0) is 18.1. The predicted octanol–water partition coefficient (Wildman–Crippen LogP) is 4.92. The number of carbonyl (C=O) groups is 1. The Kier molecular flexibility index (Phi) is 6.81. The van der Waals surface area contributed by atoms with E-state index in [1.807, 2.05) is 63.2 Å². The molecule has 0 unspecified atom stereocenters. The van der Waals surface area contributed by atoms with Gasteiger partial charge in [0.1, 0.15) is 5.60 Å². The molecule has 0 radical (unpaired) electrons. The molecule has 0 bridgehead atoms. The van der Waals surface area contributed by atoms with Gasteiger partial charge in [-0.2, -0.15) is 0 Å². The summed E-state index contributed by atoms with van der Waals surface area (Å²) in [6, 6.07) is 20.3. The van der Waals surface area contributed by atoms with E-state index in [0.29, 0.717) is 0 Å². The molecule has 1 N–H and O–H groups in total. The topological polar surface area (TPSA) is 38.3 Å². The van der Waals surface area contributed by atoms with E-state index in [1.54, 1.807) is 0 Å². The van der Waals surface area contributed by atoms with Crippen LogP contribution in [0.15, 0.2) is 72.8 Å². The fraction of sp³-hybridized carbons (Fsp3) is 0.318. The Labute approximate surface area is 150 Å². The molecule has 0 aromatic heterocycles. The number of ether oxygens (including phenoxy) is 1. The Balaban J connectivity index is 2.01. The molecular formula is C22H27NO2. The second kappa shape index (κ2) is 9.07. The second-order valence-electron chi connectivity index (χ2n) is 7.06.